The minimum atomic E-state index is 0.759. The van der Waals surface area contributed by atoms with Crippen LogP contribution in [-0.4, -0.2) is 64.5 Å². The minimum Gasteiger partial charge on any atom is -0.497 e. The van der Waals surface area contributed by atoms with E-state index in [0.717, 1.165) is 73.5 Å². The Bertz CT molecular complexity index is 963. The Labute approximate surface area is 171 Å². The molecule has 1 fully saturated rings. The van der Waals surface area contributed by atoms with Gasteiger partial charge in [-0.15, -0.1) is 0 Å². The zero-order chi connectivity index (χ0) is 20.2. The van der Waals surface area contributed by atoms with E-state index in [1.54, 1.807) is 7.11 Å². The summed E-state index contributed by atoms with van der Waals surface area (Å²) in [7, 11) is 1.67. The van der Waals surface area contributed by atoms with Crippen LogP contribution in [0.25, 0.3) is 11.0 Å². The number of hydrogen-bond acceptors (Lipinski definition) is 7. The minimum absolute atomic E-state index is 0.759. The van der Waals surface area contributed by atoms with E-state index in [2.05, 4.69) is 34.1 Å². The van der Waals surface area contributed by atoms with Gasteiger partial charge in [0.15, 0.2) is 5.65 Å². The number of piperazine rings is 1. The second-order valence-electron chi connectivity index (χ2n) is 7.26. The van der Waals surface area contributed by atoms with E-state index < -0.39 is 0 Å². The molecule has 29 heavy (non-hydrogen) atoms. The number of hydrogen-bond donors (Lipinski definition) is 1. The fourth-order valence-electron chi connectivity index (χ4n) is 3.74. The van der Waals surface area contributed by atoms with Gasteiger partial charge in [0.1, 0.15) is 11.6 Å². The van der Waals surface area contributed by atoms with Gasteiger partial charge >= 0.3 is 0 Å². The first-order chi connectivity index (χ1) is 14.2. The fourth-order valence-corrected chi connectivity index (χ4v) is 3.74. The van der Waals surface area contributed by atoms with Crippen molar-refractivity contribution in [3.8, 4) is 5.75 Å². The van der Waals surface area contributed by atoms with Crippen molar-refractivity contribution in [3.05, 3.63) is 30.5 Å². The second kappa shape index (κ2) is 8.65. The molecule has 0 saturated carbocycles. The molecule has 1 N–H and O–H groups in total. The maximum absolute atomic E-state index is 5.35. The molecule has 1 aliphatic heterocycles. The van der Waals surface area contributed by atoms with E-state index in [1.807, 2.05) is 35.1 Å². The maximum Gasteiger partial charge on any atom is 0.229 e. The predicted molar refractivity (Wildman–Crippen MR) is 116 cm³/mol. The third kappa shape index (κ3) is 4.12. The van der Waals surface area contributed by atoms with Crippen LogP contribution >= 0.6 is 0 Å². The average molecular weight is 396 g/mol. The standard InChI is InChI=1S/C21H29N7O/c1-4-9-26-10-12-27(13-11-26)21-24-19(18-15-22-28(5-2)20(18)25-21)23-16-7-6-8-17(14-16)29-3/h6-8,14-15H,4-5,9-13H2,1-3H3,(H,23,24,25). The Hall–Kier alpha value is -2.87. The molecular formula is C21H29N7O. The Morgan fingerprint density at radius 2 is 1.93 bits per heavy atom. The fraction of sp³-hybridized carbons (Fsp3) is 0.476. The zero-order valence-electron chi connectivity index (χ0n) is 17.4. The number of methoxy groups -OCH3 is 1. The summed E-state index contributed by atoms with van der Waals surface area (Å²) < 4.78 is 7.27. The van der Waals surface area contributed by atoms with Crippen LogP contribution in [0.5, 0.6) is 5.75 Å². The van der Waals surface area contributed by atoms with E-state index in [-0.39, 0.29) is 0 Å². The van der Waals surface area contributed by atoms with Crippen LogP contribution in [0.2, 0.25) is 0 Å². The lowest BCUT2D eigenvalue weighted by Crippen LogP contribution is -2.47. The molecule has 0 bridgehead atoms. The van der Waals surface area contributed by atoms with Crippen LogP contribution in [0, 0.1) is 0 Å². The second-order valence-corrected chi connectivity index (χ2v) is 7.26. The lowest BCUT2D eigenvalue weighted by molar-refractivity contribution is 0.257. The number of aryl methyl sites for hydroxylation is 1. The van der Waals surface area contributed by atoms with Gasteiger partial charge in [0, 0.05) is 44.5 Å². The van der Waals surface area contributed by atoms with Crippen LogP contribution in [0.4, 0.5) is 17.5 Å². The summed E-state index contributed by atoms with van der Waals surface area (Å²) in [6.07, 6.45) is 3.02. The first kappa shape index (κ1) is 19.4. The Morgan fingerprint density at radius 3 is 2.66 bits per heavy atom. The molecule has 0 unspecified atom stereocenters. The first-order valence-corrected chi connectivity index (χ1v) is 10.3. The van der Waals surface area contributed by atoms with E-state index in [0.29, 0.717) is 0 Å². The molecule has 4 rings (SSSR count). The van der Waals surface area contributed by atoms with Gasteiger partial charge in [0.25, 0.3) is 0 Å². The molecule has 0 atom stereocenters. The van der Waals surface area contributed by atoms with E-state index in [4.69, 9.17) is 14.7 Å². The molecule has 3 aromatic rings. The summed E-state index contributed by atoms with van der Waals surface area (Å²) in [5.41, 5.74) is 1.78. The van der Waals surface area contributed by atoms with Crippen LogP contribution < -0.4 is 15.0 Å². The van der Waals surface area contributed by atoms with Gasteiger partial charge in [-0.1, -0.05) is 13.0 Å². The molecule has 8 nitrogen and oxygen atoms in total. The number of aromatic nitrogens is 4. The van der Waals surface area contributed by atoms with Gasteiger partial charge in [-0.05, 0) is 32.0 Å². The van der Waals surface area contributed by atoms with Crippen molar-refractivity contribution in [2.45, 2.75) is 26.8 Å². The average Bonchev–Trinajstić information content (AvgIpc) is 3.18. The molecule has 3 heterocycles. The molecule has 0 radical (unpaired) electrons. The lowest BCUT2D eigenvalue weighted by atomic mass is 10.3. The first-order valence-electron chi connectivity index (χ1n) is 10.3. The highest BCUT2D eigenvalue weighted by Crippen LogP contribution is 2.28. The Kier molecular flexibility index (Phi) is 5.80. The molecule has 8 heteroatoms. The smallest absolute Gasteiger partial charge is 0.229 e. The number of rotatable bonds is 7. The van der Waals surface area contributed by atoms with Crippen molar-refractivity contribution in [1.82, 2.24) is 24.6 Å². The quantitative estimate of drug-likeness (QED) is 0.659. The normalized spacial score (nSPS) is 15.1. The number of fused-ring (bicyclic) bond motifs is 1. The number of anilines is 3. The number of nitrogens with one attached hydrogen (secondary N) is 1. The lowest BCUT2D eigenvalue weighted by Gasteiger charge is -2.34. The summed E-state index contributed by atoms with van der Waals surface area (Å²) in [5, 5.41) is 8.86. The number of nitrogens with zero attached hydrogens (tertiary/aromatic N) is 6. The van der Waals surface area contributed by atoms with Crippen LogP contribution in [0.3, 0.4) is 0 Å². The molecule has 0 spiro atoms. The summed E-state index contributed by atoms with van der Waals surface area (Å²) in [5.74, 6) is 2.33. The molecule has 154 valence electrons. The molecule has 1 aromatic carbocycles. The van der Waals surface area contributed by atoms with Gasteiger partial charge in [-0.25, -0.2) is 4.68 Å². The molecule has 1 aliphatic rings. The van der Waals surface area contributed by atoms with Crippen molar-refractivity contribution in [3.63, 3.8) is 0 Å². The summed E-state index contributed by atoms with van der Waals surface area (Å²) in [6.45, 7) is 10.2. The van der Waals surface area contributed by atoms with Crippen LogP contribution in [-0.2, 0) is 6.54 Å². The SMILES string of the molecule is CCCN1CCN(c2nc(Nc3cccc(OC)c3)c3cnn(CC)c3n2)CC1. The van der Waals surface area contributed by atoms with Crippen LogP contribution in [0.15, 0.2) is 30.5 Å². The monoisotopic (exact) mass is 395 g/mol. The highest BCUT2D eigenvalue weighted by atomic mass is 16.5. The maximum atomic E-state index is 5.35. The van der Waals surface area contributed by atoms with E-state index in [1.165, 1.54) is 6.42 Å². The number of benzene rings is 1. The highest BCUT2D eigenvalue weighted by Gasteiger charge is 2.21. The third-order valence-corrected chi connectivity index (χ3v) is 5.31. The topological polar surface area (TPSA) is 71.3 Å². The van der Waals surface area contributed by atoms with Gasteiger partial charge in [-0.3, -0.25) is 4.90 Å². The molecule has 0 amide bonds. The van der Waals surface area contributed by atoms with Crippen molar-refractivity contribution >= 4 is 28.5 Å². The van der Waals surface area contributed by atoms with Gasteiger partial charge in [-0.2, -0.15) is 15.1 Å². The summed E-state index contributed by atoms with van der Waals surface area (Å²) in [6, 6.07) is 7.85. The zero-order valence-corrected chi connectivity index (χ0v) is 17.4. The van der Waals surface area contributed by atoms with Gasteiger partial charge < -0.3 is 15.0 Å². The summed E-state index contributed by atoms with van der Waals surface area (Å²) >= 11 is 0. The van der Waals surface area contributed by atoms with Crippen LogP contribution in [0.1, 0.15) is 20.3 Å². The van der Waals surface area contributed by atoms with E-state index >= 15 is 0 Å². The van der Waals surface area contributed by atoms with Gasteiger partial charge in [0.05, 0.1) is 18.7 Å². The van der Waals surface area contributed by atoms with Gasteiger partial charge in [0.2, 0.25) is 5.95 Å². The highest BCUT2D eigenvalue weighted by molar-refractivity contribution is 5.89. The van der Waals surface area contributed by atoms with Crippen molar-refractivity contribution in [1.29, 1.82) is 0 Å². The van der Waals surface area contributed by atoms with Crippen molar-refractivity contribution < 1.29 is 4.74 Å². The van der Waals surface area contributed by atoms with Crippen molar-refractivity contribution in [2.75, 3.05) is 50.1 Å². The predicted octanol–water partition coefficient (Wildman–Crippen LogP) is 3.13. The Balaban J connectivity index is 1.67. The molecule has 2 aromatic heterocycles. The Morgan fingerprint density at radius 1 is 1.10 bits per heavy atom. The largest absolute Gasteiger partial charge is 0.497 e. The summed E-state index contributed by atoms with van der Waals surface area (Å²) in [4.78, 5) is 14.5. The van der Waals surface area contributed by atoms with E-state index in [9.17, 15) is 0 Å². The molecule has 1 saturated heterocycles. The third-order valence-electron chi connectivity index (χ3n) is 5.31. The molecule has 0 aliphatic carbocycles. The number of ether oxygens (including phenoxy) is 1. The van der Waals surface area contributed by atoms with Crippen molar-refractivity contribution in [2.24, 2.45) is 0 Å². The molecular weight excluding hydrogens is 366 g/mol.